The molecule has 7 heteroatoms. The average Bonchev–Trinajstić information content (AvgIpc) is 3.00. The molecular formula is C17H20BrClN2O2S. The summed E-state index contributed by atoms with van der Waals surface area (Å²) in [5, 5.41) is 1.95. The van der Waals surface area contributed by atoms with Crippen LogP contribution in [-0.4, -0.2) is 26.2 Å². The summed E-state index contributed by atoms with van der Waals surface area (Å²) in [6.45, 7) is 2.38. The highest BCUT2D eigenvalue weighted by molar-refractivity contribution is 7.07. The maximum absolute atomic E-state index is 11.6. The molecule has 0 aliphatic carbocycles. The molecule has 0 amide bonds. The number of anilines is 1. The van der Waals surface area contributed by atoms with Crippen molar-refractivity contribution >= 4 is 34.1 Å². The number of hydrogen-bond acceptors (Lipinski definition) is 4. The summed E-state index contributed by atoms with van der Waals surface area (Å²) in [7, 11) is 1.42. The van der Waals surface area contributed by atoms with Crippen LogP contribution >= 0.6 is 23.1 Å². The van der Waals surface area contributed by atoms with Crippen molar-refractivity contribution in [2.24, 2.45) is 0 Å². The van der Waals surface area contributed by atoms with Crippen LogP contribution in [0.15, 0.2) is 30.5 Å². The first kappa shape index (κ1) is 19.2. The minimum Gasteiger partial charge on any atom is -1.00 e. The number of methoxy groups -OCH3 is 1. The van der Waals surface area contributed by atoms with Gasteiger partial charge in [0.1, 0.15) is 0 Å². The summed E-state index contributed by atoms with van der Waals surface area (Å²) in [5.41, 5.74) is 2.27. The first-order chi connectivity index (χ1) is 11.2. The molecule has 0 spiro atoms. The van der Waals surface area contributed by atoms with E-state index in [4.69, 9.17) is 16.3 Å². The molecule has 0 saturated carbocycles. The van der Waals surface area contributed by atoms with Crippen LogP contribution in [0.3, 0.4) is 0 Å². The molecule has 1 aromatic carbocycles. The average molecular weight is 432 g/mol. The fourth-order valence-corrected chi connectivity index (χ4v) is 4.05. The number of nitrogens with zero attached hydrogens (tertiary/aromatic N) is 2. The second kappa shape index (κ2) is 8.83. The molecule has 1 aliphatic heterocycles. The SMILES string of the molecule is COC(=O)C[n+]1cc(-c2ccc(Cl)cc2)c(N2CCCCC2)s1.[Br-]. The number of halogens is 2. The zero-order valence-corrected chi connectivity index (χ0v) is 16.7. The van der Waals surface area contributed by atoms with Crippen molar-refractivity contribution in [2.45, 2.75) is 25.8 Å². The minimum absolute atomic E-state index is 0. The standard InChI is InChI=1S/C17H20ClN2O2S.BrH/c1-22-16(21)12-20-11-15(13-5-7-14(18)8-6-13)17(23-20)19-9-3-2-4-10-19;/h5-8,11H,2-4,9-10,12H2,1H3;1H/q+1;/p-1. The van der Waals surface area contributed by atoms with E-state index in [1.165, 1.54) is 31.4 Å². The van der Waals surface area contributed by atoms with Crippen molar-refractivity contribution < 1.29 is 30.5 Å². The highest BCUT2D eigenvalue weighted by Crippen LogP contribution is 2.35. The van der Waals surface area contributed by atoms with Gasteiger partial charge in [0.05, 0.1) is 12.7 Å². The Kier molecular flexibility index (Phi) is 7.07. The molecule has 2 aromatic rings. The molecule has 1 saturated heterocycles. The lowest BCUT2D eigenvalue weighted by Gasteiger charge is -2.26. The van der Waals surface area contributed by atoms with Crippen LogP contribution in [-0.2, 0) is 16.1 Å². The van der Waals surface area contributed by atoms with Crippen molar-refractivity contribution in [3.8, 4) is 11.1 Å². The molecule has 0 N–H and O–H groups in total. The molecule has 3 rings (SSSR count). The van der Waals surface area contributed by atoms with Gasteiger partial charge in [0, 0.05) is 18.1 Å². The third kappa shape index (κ3) is 4.49. The number of rotatable bonds is 4. The van der Waals surface area contributed by atoms with Crippen LogP contribution in [0.5, 0.6) is 0 Å². The molecule has 24 heavy (non-hydrogen) atoms. The van der Waals surface area contributed by atoms with Crippen LogP contribution in [0.25, 0.3) is 11.1 Å². The Morgan fingerprint density at radius 1 is 1.25 bits per heavy atom. The van der Waals surface area contributed by atoms with Crippen molar-refractivity contribution in [1.29, 1.82) is 0 Å². The molecule has 0 radical (unpaired) electrons. The Labute approximate surface area is 161 Å². The predicted molar refractivity (Wildman–Crippen MR) is 93.0 cm³/mol. The number of carbonyl (C=O) groups excluding carboxylic acids is 1. The Balaban J connectivity index is 0.00000208. The van der Waals surface area contributed by atoms with Crippen molar-refractivity contribution in [2.75, 3.05) is 25.1 Å². The summed E-state index contributed by atoms with van der Waals surface area (Å²) in [6, 6.07) is 7.86. The Morgan fingerprint density at radius 2 is 1.92 bits per heavy atom. The van der Waals surface area contributed by atoms with Crippen LogP contribution in [0, 0.1) is 0 Å². The molecule has 4 nitrogen and oxygen atoms in total. The van der Waals surface area contributed by atoms with Gasteiger partial charge in [0.25, 0.3) is 6.54 Å². The second-order valence-corrected chi connectivity index (χ2v) is 7.12. The van der Waals surface area contributed by atoms with E-state index in [0.717, 1.165) is 29.2 Å². The van der Waals surface area contributed by atoms with Gasteiger partial charge < -0.3 is 26.6 Å². The monoisotopic (exact) mass is 430 g/mol. The lowest BCUT2D eigenvalue weighted by Crippen LogP contribution is -3.00. The molecule has 2 heterocycles. The smallest absolute Gasteiger partial charge is 0.373 e. The maximum atomic E-state index is 11.6. The summed E-state index contributed by atoms with van der Waals surface area (Å²) < 4.78 is 6.73. The summed E-state index contributed by atoms with van der Waals surface area (Å²) in [5.74, 6) is -0.232. The van der Waals surface area contributed by atoms with Gasteiger partial charge in [-0.2, -0.15) is 0 Å². The van der Waals surface area contributed by atoms with Crippen molar-refractivity contribution in [3.63, 3.8) is 0 Å². The maximum Gasteiger partial charge on any atom is 0.373 e. The molecule has 1 aliphatic rings. The Hall–Kier alpha value is -1.11. The van der Waals surface area contributed by atoms with E-state index in [2.05, 4.69) is 4.90 Å². The van der Waals surface area contributed by atoms with Gasteiger partial charge in [-0.3, -0.25) is 0 Å². The number of piperidine rings is 1. The number of ether oxygens (including phenoxy) is 1. The van der Waals surface area contributed by atoms with Crippen LogP contribution in [0.1, 0.15) is 19.3 Å². The normalized spacial score (nSPS) is 14.2. The van der Waals surface area contributed by atoms with E-state index < -0.39 is 0 Å². The van der Waals surface area contributed by atoms with E-state index in [1.54, 1.807) is 11.5 Å². The van der Waals surface area contributed by atoms with E-state index in [0.29, 0.717) is 0 Å². The van der Waals surface area contributed by atoms with Crippen molar-refractivity contribution in [1.82, 2.24) is 0 Å². The van der Waals surface area contributed by atoms with E-state index in [-0.39, 0.29) is 29.5 Å². The number of aromatic nitrogens is 1. The number of hydrogen-bond donors (Lipinski definition) is 0. The molecule has 1 aromatic heterocycles. The molecule has 0 bridgehead atoms. The first-order valence-corrected chi connectivity index (χ1v) is 8.94. The highest BCUT2D eigenvalue weighted by Gasteiger charge is 2.25. The molecule has 0 atom stereocenters. The lowest BCUT2D eigenvalue weighted by atomic mass is 10.1. The predicted octanol–water partition coefficient (Wildman–Crippen LogP) is 0.523. The fraction of sp³-hybridized carbons (Fsp3) is 0.412. The zero-order chi connectivity index (χ0) is 16.2. The van der Waals surface area contributed by atoms with Crippen LogP contribution in [0.4, 0.5) is 5.00 Å². The molecule has 1 fully saturated rings. The van der Waals surface area contributed by atoms with Gasteiger partial charge in [-0.1, -0.05) is 23.7 Å². The minimum atomic E-state index is -0.232. The Morgan fingerprint density at radius 3 is 2.54 bits per heavy atom. The van der Waals surface area contributed by atoms with E-state index in [9.17, 15) is 4.79 Å². The van der Waals surface area contributed by atoms with Crippen LogP contribution < -0.4 is 25.8 Å². The number of carbonyl (C=O) groups is 1. The van der Waals surface area contributed by atoms with Crippen LogP contribution in [0.2, 0.25) is 5.02 Å². The lowest BCUT2D eigenvalue weighted by molar-refractivity contribution is -0.616. The van der Waals surface area contributed by atoms with Gasteiger partial charge in [0.15, 0.2) is 22.7 Å². The van der Waals surface area contributed by atoms with Gasteiger partial charge in [0.2, 0.25) is 0 Å². The van der Waals surface area contributed by atoms with Gasteiger partial charge in [-0.15, -0.1) is 3.96 Å². The van der Waals surface area contributed by atoms with Crippen molar-refractivity contribution in [3.05, 3.63) is 35.5 Å². The third-order valence-electron chi connectivity index (χ3n) is 4.02. The van der Waals surface area contributed by atoms with Gasteiger partial charge >= 0.3 is 5.97 Å². The molecular weight excluding hydrogens is 412 g/mol. The summed E-state index contributed by atoms with van der Waals surface area (Å²) >= 11 is 7.62. The summed E-state index contributed by atoms with van der Waals surface area (Å²) in [6.07, 6.45) is 5.76. The Bertz CT molecular complexity index is 684. The highest BCUT2D eigenvalue weighted by atomic mass is 79.9. The quantitative estimate of drug-likeness (QED) is 0.523. The van der Waals surface area contributed by atoms with Gasteiger partial charge in [-0.25, -0.2) is 4.79 Å². The summed E-state index contributed by atoms with van der Waals surface area (Å²) in [4.78, 5) is 14.0. The fourth-order valence-electron chi connectivity index (χ4n) is 2.81. The number of benzene rings is 1. The zero-order valence-electron chi connectivity index (χ0n) is 13.5. The molecule has 130 valence electrons. The largest absolute Gasteiger partial charge is 1.00 e. The van der Waals surface area contributed by atoms with E-state index >= 15 is 0 Å². The second-order valence-electron chi connectivity index (χ2n) is 5.65. The first-order valence-electron chi connectivity index (χ1n) is 7.79. The van der Waals surface area contributed by atoms with Gasteiger partial charge in [-0.05, 0) is 37.0 Å². The molecule has 0 unspecified atom stereocenters. The number of esters is 1. The third-order valence-corrected chi connectivity index (χ3v) is 5.39. The van der Waals surface area contributed by atoms with E-state index in [1.807, 2.05) is 34.4 Å². The topological polar surface area (TPSA) is 33.4 Å².